The zero-order valence-electron chi connectivity index (χ0n) is 8.48. The van der Waals surface area contributed by atoms with Crippen molar-refractivity contribution in [2.45, 2.75) is 31.8 Å². The number of nitrogens with one attached hydrogen (secondary N) is 1. The first-order valence-electron chi connectivity index (χ1n) is 5.20. The van der Waals surface area contributed by atoms with Crippen molar-refractivity contribution in [3.8, 4) is 0 Å². The average molecular weight is 209 g/mol. The van der Waals surface area contributed by atoms with Gasteiger partial charge in [-0.25, -0.2) is 0 Å². The standard InChI is InChI=1S/C10H15N3O2/c11-9-3-1-2-8(9)10(14)12-6-7-4-5-13-15-7/h4-5,8-9H,1-3,6,11H2,(H,12,14). The molecule has 2 rings (SSSR count). The zero-order chi connectivity index (χ0) is 10.7. The molecule has 0 saturated heterocycles. The van der Waals surface area contributed by atoms with Gasteiger partial charge in [0.1, 0.15) is 0 Å². The van der Waals surface area contributed by atoms with E-state index in [1.54, 1.807) is 12.3 Å². The number of hydrogen-bond donors (Lipinski definition) is 2. The molecular weight excluding hydrogens is 194 g/mol. The van der Waals surface area contributed by atoms with Gasteiger partial charge in [-0.3, -0.25) is 4.79 Å². The molecule has 1 heterocycles. The summed E-state index contributed by atoms with van der Waals surface area (Å²) in [6.07, 6.45) is 4.44. The van der Waals surface area contributed by atoms with Crippen LogP contribution in [0.3, 0.4) is 0 Å². The van der Waals surface area contributed by atoms with Gasteiger partial charge in [-0.2, -0.15) is 0 Å². The summed E-state index contributed by atoms with van der Waals surface area (Å²) in [6, 6.07) is 1.74. The molecular formula is C10H15N3O2. The molecule has 5 nitrogen and oxygen atoms in total. The predicted molar refractivity (Wildman–Crippen MR) is 53.7 cm³/mol. The molecule has 0 aliphatic heterocycles. The molecule has 0 radical (unpaired) electrons. The molecule has 2 atom stereocenters. The van der Waals surface area contributed by atoms with Crippen molar-refractivity contribution in [3.05, 3.63) is 18.0 Å². The molecule has 1 aromatic heterocycles. The summed E-state index contributed by atoms with van der Waals surface area (Å²) in [5.74, 6) is 0.652. The van der Waals surface area contributed by atoms with E-state index < -0.39 is 0 Å². The van der Waals surface area contributed by atoms with Crippen LogP contribution in [0.1, 0.15) is 25.0 Å². The van der Waals surface area contributed by atoms with E-state index in [-0.39, 0.29) is 17.9 Å². The van der Waals surface area contributed by atoms with Gasteiger partial charge in [0.2, 0.25) is 5.91 Å². The predicted octanol–water partition coefficient (Wildman–Crippen LogP) is 0.418. The van der Waals surface area contributed by atoms with Gasteiger partial charge in [0.05, 0.1) is 18.7 Å². The van der Waals surface area contributed by atoms with Gasteiger partial charge in [0.25, 0.3) is 0 Å². The van der Waals surface area contributed by atoms with E-state index in [1.165, 1.54) is 0 Å². The van der Waals surface area contributed by atoms with Crippen molar-refractivity contribution in [2.24, 2.45) is 11.7 Å². The average Bonchev–Trinajstić information content (AvgIpc) is 2.84. The fourth-order valence-electron chi connectivity index (χ4n) is 1.95. The topological polar surface area (TPSA) is 81.2 Å². The smallest absolute Gasteiger partial charge is 0.225 e. The second kappa shape index (κ2) is 4.44. The van der Waals surface area contributed by atoms with Crippen molar-refractivity contribution in [3.63, 3.8) is 0 Å². The van der Waals surface area contributed by atoms with Gasteiger partial charge >= 0.3 is 0 Å². The number of carbonyl (C=O) groups excluding carboxylic acids is 1. The molecule has 0 spiro atoms. The van der Waals surface area contributed by atoms with Crippen molar-refractivity contribution in [1.29, 1.82) is 0 Å². The Bertz CT molecular complexity index is 323. The second-order valence-corrected chi connectivity index (χ2v) is 3.90. The number of carbonyl (C=O) groups is 1. The highest BCUT2D eigenvalue weighted by molar-refractivity contribution is 5.79. The van der Waals surface area contributed by atoms with Gasteiger partial charge in [0, 0.05) is 12.1 Å². The molecule has 82 valence electrons. The van der Waals surface area contributed by atoms with Crippen LogP contribution in [0.15, 0.2) is 16.8 Å². The molecule has 1 aliphatic rings. The quantitative estimate of drug-likeness (QED) is 0.755. The SMILES string of the molecule is NC1CCCC1C(=O)NCc1ccno1. The zero-order valence-corrected chi connectivity index (χ0v) is 8.48. The Kier molecular flexibility index (Phi) is 3.01. The van der Waals surface area contributed by atoms with Gasteiger partial charge in [0.15, 0.2) is 5.76 Å². The lowest BCUT2D eigenvalue weighted by Gasteiger charge is -2.14. The van der Waals surface area contributed by atoms with E-state index in [4.69, 9.17) is 10.3 Å². The third kappa shape index (κ3) is 2.36. The maximum Gasteiger partial charge on any atom is 0.225 e. The van der Waals surface area contributed by atoms with Crippen LogP contribution < -0.4 is 11.1 Å². The highest BCUT2D eigenvalue weighted by Crippen LogP contribution is 2.23. The van der Waals surface area contributed by atoms with Gasteiger partial charge in [-0.15, -0.1) is 0 Å². The molecule has 5 heteroatoms. The summed E-state index contributed by atoms with van der Waals surface area (Å²) in [5, 5.41) is 6.37. The molecule has 15 heavy (non-hydrogen) atoms. The minimum absolute atomic E-state index is 0.0136. The Balaban J connectivity index is 1.82. The summed E-state index contributed by atoms with van der Waals surface area (Å²) < 4.78 is 4.88. The van der Waals surface area contributed by atoms with E-state index in [2.05, 4.69) is 10.5 Å². The summed E-state index contributed by atoms with van der Waals surface area (Å²) in [5.41, 5.74) is 5.83. The van der Waals surface area contributed by atoms with E-state index in [1.807, 2.05) is 0 Å². The van der Waals surface area contributed by atoms with Crippen LogP contribution in [0.5, 0.6) is 0 Å². The maximum absolute atomic E-state index is 11.7. The van der Waals surface area contributed by atoms with Gasteiger partial charge in [-0.05, 0) is 12.8 Å². The lowest BCUT2D eigenvalue weighted by molar-refractivity contribution is -0.125. The first-order chi connectivity index (χ1) is 7.27. The fraction of sp³-hybridized carbons (Fsp3) is 0.600. The molecule has 1 saturated carbocycles. The third-order valence-corrected chi connectivity index (χ3v) is 2.83. The highest BCUT2D eigenvalue weighted by atomic mass is 16.5. The first kappa shape index (κ1) is 10.2. The fourth-order valence-corrected chi connectivity index (χ4v) is 1.95. The van der Waals surface area contributed by atoms with Gasteiger partial charge < -0.3 is 15.6 Å². The Labute approximate surface area is 88.0 Å². The van der Waals surface area contributed by atoms with Crippen LogP contribution in [0.25, 0.3) is 0 Å². The largest absolute Gasteiger partial charge is 0.360 e. The summed E-state index contributed by atoms with van der Waals surface area (Å²) in [6.45, 7) is 0.391. The van der Waals surface area contributed by atoms with Crippen LogP contribution in [-0.2, 0) is 11.3 Å². The van der Waals surface area contributed by atoms with Crippen LogP contribution in [0.2, 0.25) is 0 Å². The second-order valence-electron chi connectivity index (χ2n) is 3.90. The van der Waals surface area contributed by atoms with E-state index in [0.29, 0.717) is 12.3 Å². The summed E-state index contributed by atoms with van der Waals surface area (Å²) in [4.78, 5) is 11.7. The number of rotatable bonds is 3. The van der Waals surface area contributed by atoms with E-state index >= 15 is 0 Å². The van der Waals surface area contributed by atoms with Crippen LogP contribution in [-0.4, -0.2) is 17.1 Å². The minimum atomic E-state index is -0.0343. The highest BCUT2D eigenvalue weighted by Gasteiger charge is 2.29. The number of amides is 1. The Morgan fingerprint density at radius 3 is 3.13 bits per heavy atom. The Morgan fingerprint density at radius 2 is 2.53 bits per heavy atom. The number of hydrogen-bond acceptors (Lipinski definition) is 4. The van der Waals surface area contributed by atoms with E-state index in [9.17, 15) is 4.79 Å². The van der Waals surface area contributed by atoms with E-state index in [0.717, 1.165) is 19.3 Å². The molecule has 2 unspecified atom stereocenters. The number of nitrogens with zero attached hydrogens (tertiary/aromatic N) is 1. The number of nitrogens with two attached hydrogens (primary N) is 1. The molecule has 1 amide bonds. The monoisotopic (exact) mass is 209 g/mol. The molecule has 0 aromatic carbocycles. The molecule has 1 aromatic rings. The van der Waals surface area contributed by atoms with Crippen LogP contribution in [0.4, 0.5) is 0 Å². The van der Waals surface area contributed by atoms with Crippen molar-refractivity contribution >= 4 is 5.91 Å². The Morgan fingerprint density at radius 1 is 1.67 bits per heavy atom. The van der Waals surface area contributed by atoms with Crippen molar-refractivity contribution in [2.75, 3.05) is 0 Å². The maximum atomic E-state index is 11.7. The Hall–Kier alpha value is -1.36. The summed E-state index contributed by atoms with van der Waals surface area (Å²) >= 11 is 0. The minimum Gasteiger partial charge on any atom is -0.360 e. The lowest BCUT2D eigenvalue weighted by Crippen LogP contribution is -2.38. The lowest BCUT2D eigenvalue weighted by atomic mass is 10.0. The first-order valence-corrected chi connectivity index (χ1v) is 5.20. The van der Waals surface area contributed by atoms with Gasteiger partial charge in [-0.1, -0.05) is 11.6 Å². The molecule has 3 N–H and O–H groups in total. The molecule has 1 aliphatic carbocycles. The number of aromatic nitrogens is 1. The normalized spacial score (nSPS) is 25.4. The third-order valence-electron chi connectivity index (χ3n) is 2.83. The van der Waals surface area contributed by atoms with Crippen LogP contribution >= 0.6 is 0 Å². The molecule has 1 fully saturated rings. The summed E-state index contributed by atoms with van der Waals surface area (Å²) in [7, 11) is 0. The van der Waals surface area contributed by atoms with Crippen LogP contribution in [0, 0.1) is 5.92 Å². The van der Waals surface area contributed by atoms with Crippen molar-refractivity contribution in [1.82, 2.24) is 10.5 Å². The molecule has 0 bridgehead atoms. The van der Waals surface area contributed by atoms with Crippen molar-refractivity contribution < 1.29 is 9.32 Å².